The van der Waals surface area contributed by atoms with Gasteiger partial charge < -0.3 is 15.7 Å². The first-order valence-electron chi connectivity index (χ1n) is 7.36. The molecule has 3 atom stereocenters. The van der Waals surface area contributed by atoms with Crippen LogP contribution in [0.4, 0.5) is 4.79 Å². The van der Waals surface area contributed by atoms with Gasteiger partial charge in [0, 0.05) is 12.6 Å². The number of nitrogens with one attached hydrogen (secondary N) is 2. The Morgan fingerprint density at radius 3 is 2.61 bits per heavy atom. The van der Waals surface area contributed by atoms with Crippen molar-refractivity contribution in [3.63, 3.8) is 0 Å². The van der Waals surface area contributed by atoms with E-state index in [1.807, 2.05) is 0 Å². The summed E-state index contributed by atoms with van der Waals surface area (Å²) in [7, 11) is 0. The average Bonchev–Trinajstić information content (AvgIpc) is 3.06. The Morgan fingerprint density at radius 2 is 2.00 bits per heavy atom. The standard InChI is InChI=1S/C14H26N2O2/c1-10(2-3-11-4-5-11)16-14(18)15-9-12-6-7-13(17)8-12/h10-13,17H,2-9H2,1H3,(H2,15,16,18)/t10-,12+,13-/m1/s1. The van der Waals surface area contributed by atoms with Crippen LogP contribution >= 0.6 is 0 Å². The van der Waals surface area contributed by atoms with E-state index in [2.05, 4.69) is 17.6 Å². The SMILES string of the molecule is C[C@H](CCC1CC1)NC(=O)NC[C@H]1CC[C@@H](O)C1. The van der Waals surface area contributed by atoms with Crippen LogP contribution in [0, 0.1) is 11.8 Å². The van der Waals surface area contributed by atoms with Crippen molar-refractivity contribution in [2.75, 3.05) is 6.54 Å². The molecule has 0 saturated heterocycles. The van der Waals surface area contributed by atoms with E-state index >= 15 is 0 Å². The van der Waals surface area contributed by atoms with Gasteiger partial charge in [-0.3, -0.25) is 0 Å². The Labute approximate surface area is 110 Å². The van der Waals surface area contributed by atoms with Crippen LogP contribution in [0.15, 0.2) is 0 Å². The third-order valence-corrected chi connectivity index (χ3v) is 4.15. The number of carbonyl (C=O) groups is 1. The molecule has 2 saturated carbocycles. The number of aliphatic hydroxyl groups is 1. The highest BCUT2D eigenvalue weighted by Gasteiger charge is 2.24. The first-order valence-corrected chi connectivity index (χ1v) is 7.36. The molecule has 0 aromatic carbocycles. The molecule has 4 heteroatoms. The molecule has 0 radical (unpaired) electrons. The Balaban J connectivity index is 1.53. The van der Waals surface area contributed by atoms with E-state index in [0.717, 1.165) is 31.6 Å². The predicted octanol–water partition coefficient (Wildman–Crippen LogP) is 2.03. The summed E-state index contributed by atoms with van der Waals surface area (Å²) in [4.78, 5) is 11.7. The van der Waals surface area contributed by atoms with Crippen molar-refractivity contribution in [1.82, 2.24) is 10.6 Å². The fourth-order valence-electron chi connectivity index (χ4n) is 2.71. The van der Waals surface area contributed by atoms with Crippen LogP contribution in [0.1, 0.15) is 51.9 Å². The summed E-state index contributed by atoms with van der Waals surface area (Å²) in [6, 6.07) is 0.208. The van der Waals surface area contributed by atoms with Crippen LogP contribution in [0.5, 0.6) is 0 Å². The second-order valence-electron chi connectivity index (χ2n) is 6.11. The Morgan fingerprint density at radius 1 is 1.28 bits per heavy atom. The maximum atomic E-state index is 11.7. The largest absolute Gasteiger partial charge is 0.393 e. The van der Waals surface area contributed by atoms with Crippen molar-refractivity contribution >= 4 is 6.03 Å². The molecule has 2 rings (SSSR count). The second kappa shape index (κ2) is 6.41. The zero-order valence-corrected chi connectivity index (χ0v) is 11.3. The highest BCUT2D eigenvalue weighted by Crippen LogP contribution is 2.33. The summed E-state index contributed by atoms with van der Waals surface area (Å²) in [5.74, 6) is 1.38. The molecule has 104 valence electrons. The van der Waals surface area contributed by atoms with Crippen molar-refractivity contribution in [3.05, 3.63) is 0 Å². The normalized spacial score (nSPS) is 29.0. The molecular weight excluding hydrogens is 228 g/mol. The van der Waals surface area contributed by atoms with Crippen molar-refractivity contribution in [2.24, 2.45) is 11.8 Å². The van der Waals surface area contributed by atoms with Gasteiger partial charge in [-0.15, -0.1) is 0 Å². The smallest absolute Gasteiger partial charge is 0.315 e. The third kappa shape index (κ3) is 4.84. The van der Waals surface area contributed by atoms with Crippen LogP contribution in [0.2, 0.25) is 0 Å². The van der Waals surface area contributed by atoms with E-state index in [4.69, 9.17) is 0 Å². The Bertz CT molecular complexity index is 279. The van der Waals surface area contributed by atoms with E-state index in [9.17, 15) is 9.90 Å². The van der Waals surface area contributed by atoms with Gasteiger partial charge in [0.2, 0.25) is 0 Å². The molecule has 0 heterocycles. The summed E-state index contributed by atoms with van der Waals surface area (Å²) in [6.07, 6.45) is 7.67. The highest BCUT2D eigenvalue weighted by atomic mass is 16.3. The summed E-state index contributed by atoms with van der Waals surface area (Å²) in [5.41, 5.74) is 0. The predicted molar refractivity (Wildman–Crippen MR) is 71.3 cm³/mol. The van der Waals surface area contributed by atoms with Gasteiger partial charge in [-0.25, -0.2) is 4.79 Å². The summed E-state index contributed by atoms with van der Waals surface area (Å²) >= 11 is 0. The maximum absolute atomic E-state index is 11.7. The van der Waals surface area contributed by atoms with Crippen molar-refractivity contribution < 1.29 is 9.90 Å². The van der Waals surface area contributed by atoms with Gasteiger partial charge in [0.1, 0.15) is 0 Å². The molecule has 3 N–H and O–H groups in total. The van der Waals surface area contributed by atoms with E-state index in [0.29, 0.717) is 12.5 Å². The highest BCUT2D eigenvalue weighted by molar-refractivity contribution is 5.74. The molecule has 2 aliphatic carbocycles. The summed E-state index contributed by atoms with van der Waals surface area (Å²) in [6.45, 7) is 2.76. The molecule has 2 amide bonds. The zero-order chi connectivity index (χ0) is 13.0. The molecule has 4 nitrogen and oxygen atoms in total. The maximum Gasteiger partial charge on any atom is 0.315 e. The second-order valence-corrected chi connectivity index (χ2v) is 6.11. The van der Waals surface area contributed by atoms with Gasteiger partial charge in [-0.2, -0.15) is 0 Å². The number of carbonyl (C=O) groups excluding carboxylic acids is 1. The average molecular weight is 254 g/mol. The lowest BCUT2D eigenvalue weighted by molar-refractivity contribution is 0.177. The van der Waals surface area contributed by atoms with Crippen LogP contribution in [0.3, 0.4) is 0 Å². The van der Waals surface area contributed by atoms with Crippen LogP contribution in [-0.4, -0.2) is 29.8 Å². The van der Waals surface area contributed by atoms with Gasteiger partial charge in [0.15, 0.2) is 0 Å². The number of rotatable bonds is 6. The molecule has 2 fully saturated rings. The third-order valence-electron chi connectivity index (χ3n) is 4.15. The van der Waals surface area contributed by atoms with Crippen molar-refractivity contribution in [3.8, 4) is 0 Å². The molecule has 0 spiro atoms. The van der Waals surface area contributed by atoms with Crippen LogP contribution in [0.25, 0.3) is 0 Å². The lowest BCUT2D eigenvalue weighted by Crippen LogP contribution is -2.42. The first-order chi connectivity index (χ1) is 8.63. The lowest BCUT2D eigenvalue weighted by Gasteiger charge is -2.16. The van der Waals surface area contributed by atoms with Gasteiger partial charge in [0.05, 0.1) is 6.10 Å². The summed E-state index contributed by atoms with van der Waals surface area (Å²) in [5, 5.41) is 15.3. The van der Waals surface area contributed by atoms with E-state index in [1.54, 1.807) is 0 Å². The van der Waals surface area contributed by atoms with Gasteiger partial charge in [-0.05, 0) is 50.9 Å². The number of urea groups is 1. The van der Waals surface area contributed by atoms with Crippen LogP contribution < -0.4 is 10.6 Å². The van der Waals surface area contributed by atoms with E-state index < -0.39 is 0 Å². The van der Waals surface area contributed by atoms with Gasteiger partial charge in [-0.1, -0.05) is 12.8 Å². The lowest BCUT2D eigenvalue weighted by atomic mass is 10.1. The van der Waals surface area contributed by atoms with Crippen molar-refractivity contribution in [2.45, 2.75) is 64.0 Å². The molecular formula is C14H26N2O2. The van der Waals surface area contributed by atoms with Gasteiger partial charge >= 0.3 is 6.03 Å². The molecule has 2 aliphatic rings. The number of hydrogen-bond donors (Lipinski definition) is 3. The molecule has 0 aliphatic heterocycles. The Hall–Kier alpha value is -0.770. The van der Waals surface area contributed by atoms with E-state index in [1.165, 1.54) is 19.3 Å². The van der Waals surface area contributed by atoms with E-state index in [-0.39, 0.29) is 18.2 Å². The number of aliphatic hydroxyl groups excluding tert-OH is 1. The van der Waals surface area contributed by atoms with Crippen LogP contribution in [-0.2, 0) is 0 Å². The monoisotopic (exact) mass is 254 g/mol. The fraction of sp³-hybridized carbons (Fsp3) is 0.929. The number of amides is 2. The number of hydrogen-bond acceptors (Lipinski definition) is 2. The molecule has 0 unspecified atom stereocenters. The molecule has 0 bridgehead atoms. The molecule has 18 heavy (non-hydrogen) atoms. The topological polar surface area (TPSA) is 61.4 Å². The van der Waals surface area contributed by atoms with Gasteiger partial charge in [0.25, 0.3) is 0 Å². The minimum Gasteiger partial charge on any atom is -0.393 e. The minimum atomic E-state index is -0.155. The summed E-state index contributed by atoms with van der Waals surface area (Å²) < 4.78 is 0. The molecule has 0 aromatic rings. The Kier molecular flexibility index (Phi) is 4.87. The fourth-order valence-corrected chi connectivity index (χ4v) is 2.71. The van der Waals surface area contributed by atoms with Crippen molar-refractivity contribution in [1.29, 1.82) is 0 Å². The first kappa shape index (κ1) is 13.7. The zero-order valence-electron chi connectivity index (χ0n) is 11.3. The quantitative estimate of drug-likeness (QED) is 0.679. The molecule has 0 aromatic heterocycles. The minimum absolute atomic E-state index is 0.0558.